The monoisotopic (exact) mass is 276 g/mol. The van der Waals surface area contributed by atoms with E-state index in [1.807, 2.05) is 35.5 Å². The number of nitrogens with one attached hydrogen (secondary N) is 1. The Hall–Kier alpha value is -1.20. The molecule has 0 saturated carbocycles. The smallest absolute Gasteiger partial charge is 0.127 e. The van der Waals surface area contributed by atoms with Gasteiger partial charge in [0, 0.05) is 36.1 Å². The molecule has 2 aromatic rings. The van der Waals surface area contributed by atoms with Gasteiger partial charge in [0.05, 0.1) is 11.9 Å². The number of nitrogens with zero attached hydrogens (tertiary/aromatic N) is 3. The maximum atomic E-state index is 4.89. The van der Waals surface area contributed by atoms with E-state index in [1.165, 1.54) is 29.8 Å². The Morgan fingerprint density at radius 2 is 2.42 bits per heavy atom. The van der Waals surface area contributed by atoms with E-state index in [4.69, 9.17) is 4.98 Å². The lowest BCUT2D eigenvalue weighted by Crippen LogP contribution is -2.23. The van der Waals surface area contributed by atoms with Crippen molar-refractivity contribution >= 4 is 11.3 Å². The molecule has 3 rings (SSSR count). The first-order valence-electron chi connectivity index (χ1n) is 6.97. The van der Waals surface area contributed by atoms with Crippen LogP contribution in [0.25, 0.3) is 10.6 Å². The van der Waals surface area contributed by atoms with Crippen molar-refractivity contribution in [3.8, 4) is 10.6 Å². The zero-order chi connectivity index (χ0) is 13.2. The number of aryl methyl sites for hydroxylation is 2. The van der Waals surface area contributed by atoms with Crippen LogP contribution in [0.2, 0.25) is 0 Å². The summed E-state index contributed by atoms with van der Waals surface area (Å²) in [6.07, 6.45) is 7.69. The lowest BCUT2D eigenvalue weighted by Gasteiger charge is -2.21. The van der Waals surface area contributed by atoms with Gasteiger partial charge in [0.25, 0.3) is 0 Å². The third-order valence-electron chi connectivity index (χ3n) is 3.66. The van der Waals surface area contributed by atoms with Crippen molar-refractivity contribution in [2.75, 3.05) is 13.1 Å². The van der Waals surface area contributed by atoms with Gasteiger partial charge in [-0.1, -0.05) is 6.92 Å². The Labute approximate surface area is 117 Å². The van der Waals surface area contributed by atoms with Crippen LogP contribution in [0.3, 0.4) is 0 Å². The van der Waals surface area contributed by atoms with E-state index in [2.05, 4.69) is 17.3 Å². The SMILES string of the molecule is CCNCC1CCCc2sc(-c3cnn(C)c3)nc21. The molecule has 1 N–H and O–H groups in total. The van der Waals surface area contributed by atoms with Gasteiger partial charge >= 0.3 is 0 Å². The number of thiazole rings is 1. The molecule has 0 bridgehead atoms. The Bertz CT molecular complexity index is 558. The van der Waals surface area contributed by atoms with Crippen LogP contribution in [0, 0.1) is 0 Å². The van der Waals surface area contributed by atoms with E-state index >= 15 is 0 Å². The van der Waals surface area contributed by atoms with Crippen molar-refractivity contribution in [1.29, 1.82) is 0 Å². The predicted molar refractivity (Wildman–Crippen MR) is 78.5 cm³/mol. The molecule has 1 aliphatic carbocycles. The van der Waals surface area contributed by atoms with Crippen LogP contribution in [-0.2, 0) is 13.5 Å². The first kappa shape index (κ1) is 12.8. The van der Waals surface area contributed by atoms with Crippen LogP contribution < -0.4 is 5.32 Å². The van der Waals surface area contributed by atoms with Crippen molar-refractivity contribution < 1.29 is 0 Å². The molecule has 2 heterocycles. The molecule has 4 nitrogen and oxygen atoms in total. The molecule has 0 aromatic carbocycles. The zero-order valence-electron chi connectivity index (χ0n) is 11.5. The van der Waals surface area contributed by atoms with Crippen molar-refractivity contribution in [1.82, 2.24) is 20.1 Å². The maximum Gasteiger partial charge on any atom is 0.127 e. The zero-order valence-corrected chi connectivity index (χ0v) is 12.3. The van der Waals surface area contributed by atoms with Gasteiger partial charge in [0.2, 0.25) is 0 Å². The molecule has 102 valence electrons. The first-order valence-corrected chi connectivity index (χ1v) is 7.79. The van der Waals surface area contributed by atoms with Crippen LogP contribution in [0.5, 0.6) is 0 Å². The molecule has 0 spiro atoms. The van der Waals surface area contributed by atoms with Crippen molar-refractivity contribution in [2.24, 2.45) is 7.05 Å². The lowest BCUT2D eigenvalue weighted by atomic mass is 9.91. The minimum Gasteiger partial charge on any atom is -0.316 e. The molecule has 19 heavy (non-hydrogen) atoms. The van der Waals surface area contributed by atoms with Crippen LogP contribution in [0.4, 0.5) is 0 Å². The normalized spacial score (nSPS) is 18.5. The number of fused-ring (bicyclic) bond motifs is 1. The van der Waals surface area contributed by atoms with Gasteiger partial charge in [-0.25, -0.2) is 4.98 Å². The lowest BCUT2D eigenvalue weighted by molar-refractivity contribution is 0.509. The highest BCUT2D eigenvalue weighted by Crippen LogP contribution is 2.37. The molecule has 1 atom stereocenters. The summed E-state index contributed by atoms with van der Waals surface area (Å²) in [7, 11) is 1.95. The van der Waals surface area contributed by atoms with E-state index in [0.717, 1.165) is 23.7 Å². The summed E-state index contributed by atoms with van der Waals surface area (Å²) in [6, 6.07) is 0. The van der Waals surface area contributed by atoms with E-state index < -0.39 is 0 Å². The quantitative estimate of drug-likeness (QED) is 0.933. The minimum atomic E-state index is 0.588. The highest BCUT2D eigenvalue weighted by Gasteiger charge is 2.24. The number of likely N-dealkylation sites (N-methyl/N-ethyl adjacent to an activating group) is 1. The van der Waals surface area contributed by atoms with Crippen LogP contribution in [0.1, 0.15) is 36.3 Å². The Balaban J connectivity index is 1.88. The van der Waals surface area contributed by atoms with E-state index in [1.54, 1.807) is 0 Å². The fraction of sp³-hybridized carbons (Fsp3) is 0.571. The van der Waals surface area contributed by atoms with Gasteiger partial charge in [-0.15, -0.1) is 11.3 Å². The standard InChI is InChI=1S/C14H20N4S/c1-3-15-7-10-5-4-6-12-13(10)17-14(19-12)11-8-16-18(2)9-11/h8-10,15H,3-7H2,1-2H3. The van der Waals surface area contributed by atoms with Crippen molar-refractivity contribution in [3.05, 3.63) is 23.0 Å². The second kappa shape index (κ2) is 5.43. The number of hydrogen-bond donors (Lipinski definition) is 1. The molecule has 0 amide bonds. The topological polar surface area (TPSA) is 42.7 Å². The summed E-state index contributed by atoms with van der Waals surface area (Å²) in [4.78, 5) is 6.37. The van der Waals surface area contributed by atoms with Crippen molar-refractivity contribution in [2.45, 2.75) is 32.1 Å². The van der Waals surface area contributed by atoms with Gasteiger partial charge in [-0.2, -0.15) is 5.10 Å². The molecule has 0 fully saturated rings. The highest BCUT2D eigenvalue weighted by atomic mass is 32.1. The summed E-state index contributed by atoms with van der Waals surface area (Å²) < 4.78 is 1.84. The summed E-state index contributed by atoms with van der Waals surface area (Å²) >= 11 is 1.85. The second-order valence-electron chi connectivity index (χ2n) is 5.13. The molecule has 0 saturated heterocycles. The number of hydrogen-bond acceptors (Lipinski definition) is 4. The molecule has 0 radical (unpaired) electrons. The molecule has 0 aliphatic heterocycles. The van der Waals surface area contributed by atoms with Crippen LogP contribution in [0.15, 0.2) is 12.4 Å². The Morgan fingerprint density at radius 1 is 1.53 bits per heavy atom. The fourth-order valence-electron chi connectivity index (χ4n) is 2.68. The van der Waals surface area contributed by atoms with Gasteiger partial charge in [-0.3, -0.25) is 4.68 Å². The second-order valence-corrected chi connectivity index (χ2v) is 6.21. The van der Waals surface area contributed by atoms with Gasteiger partial charge in [0.15, 0.2) is 0 Å². The van der Waals surface area contributed by atoms with E-state index in [9.17, 15) is 0 Å². The third kappa shape index (κ3) is 2.58. The Morgan fingerprint density at radius 3 is 3.16 bits per heavy atom. The summed E-state index contributed by atoms with van der Waals surface area (Å²) in [5, 5.41) is 8.83. The summed E-state index contributed by atoms with van der Waals surface area (Å²) in [5.41, 5.74) is 2.47. The third-order valence-corrected chi connectivity index (χ3v) is 4.84. The van der Waals surface area contributed by atoms with Gasteiger partial charge < -0.3 is 5.32 Å². The summed E-state index contributed by atoms with van der Waals surface area (Å²) in [6.45, 7) is 4.25. The molecule has 1 unspecified atom stereocenters. The molecular formula is C14H20N4S. The van der Waals surface area contributed by atoms with Crippen LogP contribution >= 0.6 is 11.3 Å². The molecule has 2 aromatic heterocycles. The fourth-order valence-corrected chi connectivity index (χ4v) is 3.84. The van der Waals surface area contributed by atoms with Crippen LogP contribution in [-0.4, -0.2) is 27.9 Å². The number of aromatic nitrogens is 3. The van der Waals surface area contributed by atoms with Crippen molar-refractivity contribution in [3.63, 3.8) is 0 Å². The van der Waals surface area contributed by atoms with Gasteiger partial charge in [-0.05, 0) is 25.8 Å². The highest BCUT2D eigenvalue weighted by molar-refractivity contribution is 7.15. The predicted octanol–water partition coefficient (Wildman–Crippen LogP) is 2.57. The average Bonchev–Trinajstić information content (AvgIpc) is 3.02. The van der Waals surface area contributed by atoms with E-state index in [0.29, 0.717) is 5.92 Å². The maximum absolute atomic E-state index is 4.89. The average molecular weight is 276 g/mol. The largest absolute Gasteiger partial charge is 0.316 e. The molecule has 1 aliphatic rings. The molecular weight excluding hydrogens is 256 g/mol. The number of rotatable bonds is 4. The van der Waals surface area contributed by atoms with Gasteiger partial charge in [0.1, 0.15) is 5.01 Å². The van der Waals surface area contributed by atoms with E-state index in [-0.39, 0.29) is 0 Å². The Kier molecular flexibility index (Phi) is 3.66. The molecule has 5 heteroatoms. The summed E-state index contributed by atoms with van der Waals surface area (Å²) in [5.74, 6) is 0.588. The first-order chi connectivity index (χ1) is 9.28. The minimum absolute atomic E-state index is 0.588.